The Kier molecular flexibility index (Phi) is 3.66. The molecule has 0 spiro atoms. The van der Waals surface area contributed by atoms with Gasteiger partial charge in [0.25, 0.3) is 6.47 Å². The Morgan fingerprint density at radius 2 is 1.03 bits per heavy atom. The Morgan fingerprint density at radius 3 is 1.44 bits per heavy atom. The molecule has 0 aliphatic heterocycles. The number of hydrogen-bond acceptors (Lipinski definition) is 3. The fourth-order valence-electron chi connectivity index (χ4n) is 7.17. The van der Waals surface area contributed by atoms with E-state index in [0.717, 1.165) is 44.5 Å². The van der Waals surface area contributed by atoms with E-state index < -0.39 is 28.8 Å². The van der Waals surface area contributed by atoms with Gasteiger partial charge in [0.05, 0.1) is 5.92 Å². The lowest BCUT2D eigenvalue weighted by Crippen LogP contribution is -2.57. The quantitative estimate of drug-likeness (QED) is 0.448. The molecule has 0 amide bonds. The number of carboxylic acid groups (broad SMARTS) is 1. The van der Waals surface area contributed by atoms with Gasteiger partial charge in [-0.15, -0.1) is 0 Å². The fourth-order valence-corrected chi connectivity index (χ4v) is 7.17. The van der Waals surface area contributed by atoms with Crippen molar-refractivity contribution >= 4 is 12.4 Å². The molecule has 6 aliphatic carbocycles. The molecule has 34 heavy (non-hydrogen) atoms. The molecular weight excluding hydrogens is 424 g/mol. The standard InChI is InChI=1S/C30H20O4/c31-17-34-30-24-15-7-3-11-20(24)26(21-12-4-8-16-25(21)30)29(28(32)33)22-13-5-1-9-18(22)27(30)19-10-2-6-14-23(19)29/h1-17,26-27H,(H,32,33). The normalized spacial score (nSPS) is 26.8. The summed E-state index contributed by atoms with van der Waals surface area (Å²) in [6.07, 6.45) is 0. The SMILES string of the molecule is O=COC12c3ccccc3C(c3ccccc31)C1(C(=O)O)c3ccccc3C2c2ccccc21. The van der Waals surface area contributed by atoms with Crippen molar-refractivity contribution in [2.45, 2.75) is 22.9 Å². The van der Waals surface area contributed by atoms with Crippen molar-refractivity contribution in [2.24, 2.45) is 0 Å². The molecule has 0 fully saturated rings. The smallest absolute Gasteiger partial charge is 0.319 e. The highest BCUT2D eigenvalue weighted by atomic mass is 16.5. The zero-order valence-electron chi connectivity index (χ0n) is 18.1. The highest BCUT2D eigenvalue weighted by molar-refractivity contribution is 5.93. The Hall–Kier alpha value is -4.18. The molecule has 0 saturated carbocycles. The van der Waals surface area contributed by atoms with Crippen LogP contribution in [-0.4, -0.2) is 17.5 Å². The minimum atomic E-state index is -1.33. The highest BCUT2D eigenvalue weighted by Crippen LogP contribution is 2.68. The third-order valence-electron chi connectivity index (χ3n) is 8.15. The van der Waals surface area contributed by atoms with Gasteiger partial charge in [-0.2, -0.15) is 0 Å². The molecule has 0 atom stereocenters. The van der Waals surface area contributed by atoms with Gasteiger partial charge in [0.15, 0.2) is 5.60 Å². The molecule has 4 bridgehead atoms. The number of carboxylic acids is 1. The van der Waals surface area contributed by atoms with Crippen molar-refractivity contribution in [3.63, 3.8) is 0 Å². The van der Waals surface area contributed by atoms with Gasteiger partial charge in [0.1, 0.15) is 5.41 Å². The van der Waals surface area contributed by atoms with Crippen molar-refractivity contribution in [3.8, 4) is 0 Å². The van der Waals surface area contributed by atoms with Crippen LogP contribution in [0.25, 0.3) is 0 Å². The summed E-state index contributed by atoms with van der Waals surface area (Å²) in [5.74, 6) is -1.78. The lowest BCUT2D eigenvalue weighted by Gasteiger charge is -2.57. The first-order chi connectivity index (χ1) is 16.7. The summed E-state index contributed by atoms with van der Waals surface area (Å²) in [5, 5.41) is 11.2. The predicted octanol–water partition coefficient (Wildman–Crippen LogP) is 5.08. The van der Waals surface area contributed by atoms with E-state index in [4.69, 9.17) is 4.74 Å². The molecule has 4 aromatic carbocycles. The van der Waals surface area contributed by atoms with Crippen molar-refractivity contribution in [2.75, 3.05) is 0 Å². The van der Waals surface area contributed by atoms with E-state index in [9.17, 15) is 14.7 Å². The maximum absolute atomic E-state index is 13.6. The highest BCUT2D eigenvalue weighted by Gasteiger charge is 2.66. The van der Waals surface area contributed by atoms with Crippen molar-refractivity contribution < 1.29 is 19.4 Å². The molecule has 4 aromatic rings. The molecule has 6 aliphatic rings. The van der Waals surface area contributed by atoms with E-state index in [1.807, 2.05) is 97.1 Å². The van der Waals surface area contributed by atoms with E-state index in [2.05, 4.69) is 0 Å². The number of carbonyl (C=O) groups excluding carboxylic acids is 1. The molecule has 10 rings (SSSR count). The second kappa shape index (κ2) is 6.45. The van der Waals surface area contributed by atoms with Crippen LogP contribution in [0.2, 0.25) is 0 Å². The van der Waals surface area contributed by atoms with E-state index in [1.54, 1.807) is 0 Å². The van der Waals surface area contributed by atoms with Gasteiger partial charge in [-0.05, 0) is 33.4 Å². The van der Waals surface area contributed by atoms with Gasteiger partial charge >= 0.3 is 5.97 Å². The van der Waals surface area contributed by atoms with Crippen molar-refractivity contribution in [1.29, 1.82) is 0 Å². The molecular formula is C30H20O4. The van der Waals surface area contributed by atoms with Gasteiger partial charge in [0, 0.05) is 17.0 Å². The van der Waals surface area contributed by atoms with Gasteiger partial charge in [-0.3, -0.25) is 9.59 Å². The van der Waals surface area contributed by atoms with Crippen LogP contribution in [0, 0.1) is 0 Å². The average molecular weight is 444 g/mol. The van der Waals surface area contributed by atoms with E-state index in [0.29, 0.717) is 6.47 Å². The zero-order chi connectivity index (χ0) is 23.1. The number of rotatable bonds is 3. The van der Waals surface area contributed by atoms with E-state index in [1.165, 1.54) is 0 Å². The number of carbonyl (C=O) groups is 2. The summed E-state index contributed by atoms with van der Waals surface area (Å²) in [6, 6.07) is 31.3. The van der Waals surface area contributed by atoms with Gasteiger partial charge in [0.2, 0.25) is 0 Å². The molecule has 0 heterocycles. The summed E-state index contributed by atoms with van der Waals surface area (Å²) < 4.78 is 6.25. The topological polar surface area (TPSA) is 63.6 Å². The molecule has 0 aromatic heterocycles. The summed E-state index contributed by atoms with van der Waals surface area (Å²) in [6.45, 7) is 0.541. The van der Waals surface area contributed by atoms with Crippen LogP contribution >= 0.6 is 0 Å². The minimum Gasteiger partial charge on any atom is -0.480 e. The first-order valence-electron chi connectivity index (χ1n) is 11.4. The molecule has 4 heteroatoms. The average Bonchev–Trinajstić information content (AvgIpc) is 2.86. The largest absolute Gasteiger partial charge is 0.480 e. The van der Waals surface area contributed by atoms with Crippen LogP contribution in [0.4, 0.5) is 0 Å². The first kappa shape index (κ1) is 19.3. The molecule has 4 nitrogen and oxygen atoms in total. The lowest BCUT2D eigenvalue weighted by atomic mass is 9.45. The maximum Gasteiger partial charge on any atom is 0.319 e. The number of hydrogen-bond donors (Lipinski definition) is 1. The second-order valence-corrected chi connectivity index (χ2v) is 9.28. The van der Waals surface area contributed by atoms with Crippen molar-refractivity contribution in [1.82, 2.24) is 0 Å². The van der Waals surface area contributed by atoms with Crippen LogP contribution in [0.1, 0.15) is 56.3 Å². The van der Waals surface area contributed by atoms with Crippen LogP contribution in [0.5, 0.6) is 0 Å². The number of ether oxygens (including phenoxy) is 1. The summed E-state index contributed by atoms with van der Waals surface area (Å²) in [7, 11) is 0. The number of aliphatic carboxylic acids is 1. The molecule has 0 unspecified atom stereocenters. The maximum atomic E-state index is 13.6. The Labute approximate surface area is 196 Å². The van der Waals surface area contributed by atoms with E-state index in [-0.39, 0.29) is 0 Å². The van der Waals surface area contributed by atoms with Gasteiger partial charge < -0.3 is 9.84 Å². The summed E-state index contributed by atoms with van der Waals surface area (Å²) >= 11 is 0. The minimum absolute atomic E-state index is 0.402. The van der Waals surface area contributed by atoms with Crippen LogP contribution in [-0.2, 0) is 25.3 Å². The lowest BCUT2D eigenvalue weighted by molar-refractivity contribution is -0.147. The molecule has 164 valence electrons. The van der Waals surface area contributed by atoms with Gasteiger partial charge in [-0.1, -0.05) is 97.1 Å². The fraction of sp³-hybridized carbons (Fsp3) is 0.133. The molecule has 0 radical (unpaired) electrons. The van der Waals surface area contributed by atoms with Gasteiger partial charge in [-0.25, -0.2) is 0 Å². The Bertz CT molecular complexity index is 1420. The summed E-state index contributed by atoms with van der Waals surface area (Å²) in [5.41, 5.74) is 4.33. The van der Waals surface area contributed by atoms with E-state index >= 15 is 0 Å². The second-order valence-electron chi connectivity index (χ2n) is 9.28. The van der Waals surface area contributed by atoms with Crippen LogP contribution in [0.3, 0.4) is 0 Å². The third kappa shape index (κ3) is 1.93. The summed E-state index contributed by atoms with van der Waals surface area (Å²) in [4.78, 5) is 25.9. The number of benzene rings is 4. The third-order valence-corrected chi connectivity index (χ3v) is 8.15. The van der Waals surface area contributed by atoms with Crippen LogP contribution in [0.15, 0.2) is 97.1 Å². The first-order valence-corrected chi connectivity index (χ1v) is 11.4. The van der Waals surface area contributed by atoms with Crippen molar-refractivity contribution in [3.05, 3.63) is 142 Å². The molecule has 0 saturated heterocycles. The predicted molar refractivity (Wildman–Crippen MR) is 126 cm³/mol. The molecule has 1 N–H and O–H groups in total. The monoisotopic (exact) mass is 444 g/mol. The Morgan fingerprint density at radius 1 is 0.647 bits per heavy atom. The zero-order valence-corrected chi connectivity index (χ0v) is 18.1. The Balaban J connectivity index is 1.81. The van der Waals surface area contributed by atoms with Crippen LogP contribution < -0.4 is 0 Å².